The number of hydrogen-bond donors (Lipinski definition) is 5. The minimum Gasteiger partial charge on any atom is -0.505 e. The van der Waals surface area contributed by atoms with E-state index in [4.69, 9.17) is 9.47 Å². The molecule has 8 atom stereocenters. The van der Waals surface area contributed by atoms with Gasteiger partial charge in [0.2, 0.25) is 35.4 Å². The lowest BCUT2D eigenvalue weighted by Crippen LogP contribution is -2.60. The molecular formula is C57H73N11O13. The molecule has 2 aliphatic heterocycles. The monoisotopic (exact) mass is 1120 g/mol. The number of para-hydroxylation sites is 2. The van der Waals surface area contributed by atoms with E-state index >= 15 is 9.59 Å². The van der Waals surface area contributed by atoms with Crippen LogP contribution < -0.4 is 21.3 Å². The van der Waals surface area contributed by atoms with E-state index in [0.29, 0.717) is 55.1 Å². The van der Waals surface area contributed by atoms with Crippen molar-refractivity contribution in [3.05, 3.63) is 84.5 Å². The van der Waals surface area contributed by atoms with Crippen LogP contribution in [-0.2, 0) is 47.8 Å². The van der Waals surface area contributed by atoms with Gasteiger partial charge < -0.3 is 55.4 Å². The Kier molecular flexibility index (Phi) is 21.0. The molecule has 1 saturated carbocycles. The van der Waals surface area contributed by atoms with Gasteiger partial charge in [-0.1, -0.05) is 83.0 Å². The molecule has 3 aliphatic rings. The second-order valence-electron chi connectivity index (χ2n) is 20.5. The molecule has 1 aliphatic carbocycles. The van der Waals surface area contributed by atoms with Gasteiger partial charge >= 0.3 is 11.9 Å². The number of rotatable bonds is 10. The maximum atomic E-state index is 15.1. The van der Waals surface area contributed by atoms with E-state index in [-0.39, 0.29) is 24.2 Å². The third-order valence-corrected chi connectivity index (χ3v) is 15.3. The largest absolute Gasteiger partial charge is 0.505 e. The third kappa shape index (κ3) is 14.3. The molecule has 6 unspecified atom stereocenters. The molecule has 1 aromatic carbocycles. The first-order valence-electron chi connectivity index (χ1n) is 27.0. The summed E-state index contributed by atoms with van der Waals surface area (Å²) in [6.07, 6.45) is 9.65. The Morgan fingerprint density at radius 3 is 1.77 bits per heavy atom. The number of aromatic nitrogens is 3. The lowest BCUT2D eigenvalue weighted by molar-refractivity contribution is -0.161. The van der Waals surface area contributed by atoms with Crippen LogP contribution >= 0.6 is 0 Å². The number of pyridine rings is 1. The number of likely N-dealkylation sites (N-methyl/N-ethyl adjacent to an activating group) is 4. The maximum absolute atomic E-state index is 15.1. The molecule has 3 aromatic rings. The van der Waals surface area contributed by atoms with Crippen molar-refractivity contribution >= 4 is 82.4 Å². The minimum atomic E-state index is -1.76. The van der Waals surface area contributed by atoms with E-state index in [2.05, 4.69) is 49.4 Å². The van der Waals surface area contributed by atoms with Crippen molar-refractivity contribution in [2.45, 2.75) is 127 Å². The van der Waals surface area contributed by atoms with Crippen molar-refractivity contribution in [2.75, 3.05) is 41.4 Å². The fourth-order valence-corrected chi connectivity index (χ4v) is 10.5. The zero-order chi connectivity index (χ0) is 59.4. The van der Waals surface area contributed by atoms with Gasteiger partial charge in [-0.15, -0.1) is 0 Å². The molecule has 81 heavy (non-hydrogen) atoms. The fraction of sp³-hybridized carbons (Fsp3) is 0.491. The molecule has 24 nitrogen and oxygen atoms in total. The van der Waals surface area contributed by atoms with Gasteiger partial charge in [0.25, 0.3) is 11.8 Å². The number of cyclic esters (lactones) is 2. The molecule has 0 radical (unpaired) electrons. The molecule has 0 saturated heterocycles. The van der Waals surface area contributed by atoms with Crippen LogP contribution in [0, 0.1) is 11.8 Å². The first-order valence-corrected chi connectivity index (χ1v) is 27.0. The zero-order valence-electron chi connectivity index (χ0n) is 47.0. The smallest absolute Gasteiger partial charge is 0.329 e. The number of esters is 2. The number of fused-ring (bicyclic) bond motifs is 5. The molecule has 8 amide bonds. The summed E-state index contributed by atoms with van der Waals surface area (Å²) in [5, 5.41) is 21.0. The first-order chi connectivity index (χ1) is 38.6. The number of amides is 8. The van der Waals surface area contributed by atoms with E-state index in [1.165, 1.54) is 77.4 Å². The van der Waals surface area contributed by atoms with Crippen LogP contribution in [0.3, 0.4) is 0 Å². The summed E-state index contributed by atoms with van der Waals surface area (Å²) in [5.74, 6) is -10.6. The van der Waals surface area contributed by atoms with Crippen molar-refractivity contribution in [2.24, 2.45) is 11.8 Å². The zero-order valence-corrected chi connectivity index (χ0v) is 47.0. The molecule has 4 heterocycles. The van der Waals surface area contributed by atoms with Gasteiger partial charge in [-0.25, -0.2) is 19.6 Å². The lowest BCUT2D eigenvalue weighted by Gasteiger charge is -2.38. The Hall–Kier alpha value is -8.57. The highest BCUT2D eigenvalue weighted by atomic mass is 16.5. The number of ether oxygens (including phenoxy) is 2. The standard InChI is InChI=1S/C57H73N11O13/c1-11-33(12-2)46-56(78)80-29-40(63-48(70)39-28-58-37-23-17-18-24-38(37)61-39)49(71)59-31(5)52(74)66(8)43-26-20-19-25-42(54(76)67(46)9)65(7)53(75)32(6)60-50(72)41(64-51(73)45-44(69)27-34(13-3)36(14-4)62-45)30-81-57(79)47(68(10)55(43)77)35-21-15-16-22-35/h13-14,17-20,23-24,27-28,31-33,35,40-43,46-47,69H,3-4,11-12,15-16,21-22,25-26,29-30H2,1-2,5-10H3,(H,59,71)(H,60,72)(H,63,70)(H,64,73)/b20-19-/t31?,32?,40?,41?,42-,43-,46?,47?/m0/s1. The Morgan fingerprint density at radius 2 is 1.23 bits per heavy atom. The highest BCUT2D eigenvalue weighted by Gasteiger charge is 2.44. The fourth-order valence-electron chi connectivity index (χ4n) is 10.5. The first kappa shape index (κ1) is 61.6. The minimum absolute atomic E-state index is 0.173. The number of carbonyl (C=O) groups is 10. The van der Waals surface area contributed by atoms with Crippen LogP contribution in [0.1, 0.15) is 111 Å². The van der Waals surface area contributed by atoms with Gasteiger partial charge in [-0.2, -0.15) is 0 Å². The lowest BCUT2D eigenvalue weighted by atomic mass is 9.92. The highest BCUT2D eigenvalue weighted by Crippen LogP contribution is 2.32. The Bertz CT molecular complexity index is 2960. The summed E-state index contributed by atoms with van der Waals surface area (Å²) in [6.45, 7) is 12.0. The quantitative estimate of drug-likeness (QED) is 0.144. The topological polar surface area (TPSA) is 309 Å². The van der Waals surface area contributed by atoms with E-state index in [1.807, 2.05) is 0 Å². The molecule has 434 valence electrons. The Morgan fingerprint density at radius 1 is 0.716 bits per heavy atom. The summed E-state index contributed by atoms with van der Waals surface area (Å²) in [6, 6.07) is -3.68. The Labute approximate surface area is 470 Å². The van der Waals surface area contributed by atoms with Gasteiger partial charge in [0.15, 0.2) is 5.69 Å². The normalized spacial score (nSPS) is 25.1. The predicted octanol–water partition coefficient (Wildman–Crippen LogP) is 2.31. The van der Waals surface area contributed by atoms with Crippen LogP contribution in [0.25, 0.3) is 23.2 Å². The molecular weight excluding hydrogens is 1050 g/mol. The summed E-state index contributed by atoms with van der Waals surface area (Å²) >= 11 is 0. The number of nitrogens with one attached hydrogen (secondary N) is 4. The van der Waals surface area contributed by atoms with Gasteiger partial charge in [0.1, 0.15) is 73.0 Å². The number of aromatic hydroxyl groups is 1. The molecule has 0 spiro atoms. The average molecular weight is 1120 g/mol. The van der Waals surface area contributed by atoms with Gasteiger partial charge in [0, 0.05) is 33.8 Å². The second kappa shape index (κ2) is 27.5. The molecule has 1 fully saturated rings. The molecule has 2 aromatic heterocycles. The van der Waals surface area contributed by atoms with E-state index in [0.717, 1.165) is 14.7 Å². The van der Waals surface area contributed by atoms with Crippen LogP contribution in [0.2, 0.25) is 0 Å². The van der Waals surface area contributed by atoms with Crippen molar-refractivity contribution in [3.63, 3.8) is 0 Å². The molecule has 24 heteroatoms. The van der Waals surface area contributed by atoms with Crippen LogP contribution in [0.4, 0.5) is 0 Å². The number of hydrogen-bond acceptors (Lipinski definition) is 16. The van der Waals surface area contributed by atoms with Crippen molar-refractivity contribution in [3.8, 4) is 5.75 Å². The van der Waals surface area contributed by atoms with Gasteiger partial charge in [-0.05, 0) is 75.6 Å². The summed E-state index contributed by atoms with van der Waals surface area (Å²) in [5.41, 5.74) is 0.683. The highest BCUT2D eigenvalue weighted by molar-refractivity contribution is 6.01. The van der Waals surface area contributed by atoms with Gasteiger partial charge in [0.05, 0.1) is 22.9 Å². The number of carbonyl (C=O) groups excluding carboxylic acids is 10. The maximum Gasteiger partial charge on any atom is 0.329 e. The van der Waals surface area contributed by atoms with Gasteiger partial charge in [-0.3, -0.25) is 43.3 Å². The van der Waals surface area contributed by atoms with Crippen molar-refractivity contribution in [1.29, 1.82) is 0 Å². The molecule has 5 N–H and O–H groups in total. The third-order valence-electron chi connectivity index (χ3n) is 15.3. The summed E-state index contributed by atoms with van der Waals surface area (Å²) < 4.78 is 11.7. The van der Waals surface area contributed by atoms with E-state index < -0.39 is 144 Å². The number of nitrogens with zero attached hydrogens (tertiary/aromatic N) is 7. The molecule has 6 rings (SSSR count). The van der Waals surface area contributed by atoms with Crippen LogP contribution in [0.5, 0.6) is 5.75 Å². The van der Waals surface area contributed by atoms with E-state index in [9.17, 15) is 43.5 Å². The number of benzene rings is 1. The summed E-state index contributed by atoms with van der Waals surface area (Å²) in [4.78, 5) is 162. The predicted molar refractivity (Wildman–Crippen MR) is 296 cm³/mol. The Balaban J connectivity index is 1.45. The van der Waals surface area contributed by atoms with Crippen molar-refractivity contribution < 1.29 is 62.5 Å². The SMILES string of the molecule is C=Cc1cc(O)c(C(=O)NC2COC(=O)C(C3CCCC3)N(C)C(=O)[C@@H]3C/C=C\C[C@@H](C(=O)N(C)C(C(CC)CC)C(=O)OCC(NC(=O)c4cnc5ccccc5n4)C(=O)NC(C)C(=O)N3C)N(C)C(=O)C(C)NC2=O)nc1C=C. The summed E-state index contributed by atoms with van der Waals surface area (Å²) in [7, 11) is 5.39. The van der Waals surface area contributed by atoms with Crippen LogP contribution in [-0.4, -0.2) is 189 Å². The van der Waals surface area contributed by atoms with Crippen molar-refractivity contribution in [1.82, 2.24) is 55.8 Å². The molecule has 2 bridgehead atoms. The average Bonchev–Trinajstić information content (AvgIpc) is 4.03. The second-order valence-corrected chi connectivity index (χ2v) is 20.5. The van der Waals surface area contributed by atoms with Crippen LogP contribution in [0.15, 0.2) is 61.8 Å². The van der Waals surface area contributed by atoms with E-state index in [1.54, 1.807) is 44.2 Å².